The first-order valence-corrected chi connectivity index (χ1v) is 14.4. The van der Waals surface area contributed by atoms with Crippen LogP contribution >= 0.6 is 0 Å². The molecule has 1 aliphatic rings. The van der Waals surface area contributed by atoms with Crippen molar-refractivity contribution in [2.75, 3.05) is 13.2 Å². The van der Waals surface area contributed by atoms with Crippen LogP contribution in [0, 0.1) is 18.7 Å². The molecule has 7 heteroatoms. The molecule has 1 heterocycles. The first-order chi connectivity index (χ1) is 19.9. The van der Waals surface area contributed by atoms with Crippen LogP contribution in [-0.4, -0.2) is 29.7 Å². The predicted molar refractivity (Wildman–Crippen MR) is 156 cm³/mol. The standard InChI is InChI=1S/C34H36FNO5/c1-4-16-39-31-15-7-23(19-32(31)40-17-5-2)21-41-34(38)25-10-14-30-28(20-25)27-18-22(3)6-13-29(27)36(30)33(37)24-8-11-26(35)12-9-24/h6-9,11-13,15,18-19,25H,4-5,10,14,16-17,20-21H2,1-3H3. The van der Waals surface area contributed by atoms with Gasteiger partial charge in [-0.3, -0.25) is 14.2 Å². The van der Waals surface area contributed by atoms with Gasteiger partial charge in [0.1, 0.15) is 12.4 Å². The zero-order chi connectivity index (χ0) is 28.9. The van der Waals surface area contributed by atoms with E-state index in [9.17, 15) is 14.0 Å². The van der Waals surface area contributed by atoms with Gasteiger partial charge in [0.15, 0.2) is 11.5 Å². The normalized spacial score (nSPS) is 14.5. The summed E-state index contributed by atoms with van der Waals surface area (Å²) in [5.74, 6) is 0.196. The monoisotopic (exact) mass is 557 g/mol. The molecule has 214 valence electrons. The van der Waals surface area contributed by atoms with E-state index in [1.165, 1.54) is 24.3 Å². The minimum atomic E-state index is -0.386. The minimum absolute atomic E-state index is 0.142. The maximum atomic E-state index is 13.6. The Bertz CT molecular complexity index is 1560. The summed E-state index contributed by atoms with van der Waals surface area (Å²) in [6.45, 7) is 7.43. The second kappa shape index (κ2) is 12.6. The molecular formula is C34H36FNO5. The van der Waals surface area contributed by atoms with Gasteiger partial charge in [0.05, 0.1) is 24.6 Å². The van der Waals surface area contributed by atoms with Gasteiger partial charge in [-0.15, -0.1) is 0 Å². The lowest BCUT2D eigenvalue weighted by Crippen LogP contribution is -2.26. The van der Waals surface area contributed by atoms with Crippen LogP contribution in [0.5, 0.6) is 11.5 Å². The molecule has 0 fully saturated rings. The molecule has 0 radical (unpaired) electrons. The average molecular weight is 558 g/mol. The molecule has 41 heavy (non-hydrogen) atoms. The number of esters is 1. The number of carbonyl (C=O) groups excluding carboxylic acids is 2. The number of ether oxygens (including phenoxy) is 3. The van der Waals surface area contributed by atoms with Crippen LogP contribution in [0.2, 0.25) is 0 Å². The van der Waals surface area contributed by atoms with E-state index in [1.807, 2.05) is 44.2 Å². The second-order valence-corrected chi connectivity index (χ2v) is 10.6. The molecule has 0 bridgehead atoms. The molecule has 4 aromatic rings. The van der Waals surface area contributed by atoms with Crippen LogP contribution in [0.1, 0.15) is 65.9 Å². The summed E-state index contributed by atoms with van der Waals surface area (Å²) in [5.41, 5.74) is 5.03. The molecule has 0 saturated carbocycles. The van der Waals surface area contributed by atoms with E-state index in [-0.39, 0.29) is 30.2 Å². The van der Waals surface area contributed by atoms with E-state index in [2.05, 4.69) is 13.0 Å². The highest BCUT2D eigenvalue weighted by Crippen LogP contribution is 2.36. The van der Waals surface area contributed by atoms with Crippen LogP contribution in [0.4, 0.5) is 4.39 Å². The van der Waals surface area contributed by atoms with E-state index in [1.54, 1.807) is 4.57 Å². The number of aromatic nitrogens is 1. The minimum Gasteiger partial charge on any atom is -0.490 e. The van der Waals surface area contributed by atoms with Crippen molar-refractivity contribution in [1.82, 2.24) is 4.57 Å². The Morgan fingerprint density at radius 2 is 1.66 bits per heavy atom. The third-order valence-electron chi connectivity index (χ3n) is 7.46. The number of aryl methyl sites for hydroxylation is 1. The van der Waals surface area contributed by atoms with Crippen molar-refractivity contribution in [3.8, 4) is 11.5 Å². The molecule has 1 aliphatic carbocycles. The summed E-state index contributed by atoms with van der Waals surface area (Å²) < 4.78 is 32.7. The van der Waals surface area contributed by atoms with Gasteiger partial charge in [0.25, 0.3) is 5.91 Å². The van der Waals surface area contributed by atoms with E-state index in [4.69, 9.17) is 14.2 Å². The molecular weight excluding hydrogens is 521 g/mol. The molecule has 5 rings (SSSR count). The third-order valence-corrected chi connectivity index (χ3v) is 7.46. The van der Waals surface area contributed by atoms with Crippen LogP contribution in [0.25, 0.3) is 10.9 Å². The van der Waals surface area contributed by atoms with Crippen molar-refractivity contribution >= 4 is 22.8 Å². The van der Waals surface area contributed by atoms with Crippen LogP contribution < -0.4 is 9.47 Å². The molecule has 1 unspecified atom stereocenters. The van der Waals surface area contributed by atoms with Gasteiger partial charge in [-0.1, -0.05) is 31.5 Å². The summed E-state index contributed by atoms with van der Waals surface area (Å²) in [7, 11) is 0. The Labute approximate surface area is 240 Å². The lowest BCUT2D eigenvalue weighted by molar-refractivity contribution is -0.150. The highest BCUT2D eigenvalue weighted by molar-refractivity contribution is 6.04. The number of carbonyl (C=O) groups is 2. The first-order valence-electron chi connectivity index (χ1n) is 14.4. The topological polar surface area (TPSA) is 66.8 Å². The van der Waals surface area contributed by atoms with Crippen LogP contribution in [0.15, 0.2) is 60.7 Å². The first kappa shape index (κ1) is 28.4. The van der Waals surface area contributed by atoms with Crippen LogP contribution in [0.3, 0.4) is 0 Å². The molecule has 0 aliphatic heterocycles. The van der Waals surface area contributed by atoms with Crippen molar-refractivity contribution in [3.05, 3.63) is 94.4 Å². The lowest BCUT2D eigenvalue weighted by Gasteiger charge is -2.23. The molecule has 0 spiro atoms. The molecule has 3 aromatic carbocycles. The van der Waals surface area contributed by atoms with E-state index < -0.39 is 0 Å². The number of fused-ring (bicyclic) bond motifs is 3. The predicted octanol–water partition coefficient (Wildman–Crippen LogP) is 7.20. The number of benzene rings is 3. The quantitative estimate of drug-likeness (QED) is 0.193. The van der Waals surface area contributed by atoms with Crippen molar-refractivity contribution in [1.29, 1.82) is 0 Å². The third kappa shape index (κ3) is 6.14. The van der Waals surface area contributed by atoms with Gasteiger partial charge < -0.3 is 14.2 Å². The van der Waals surface area contributed by atoms with Gasteiger partial charge in [0.2, 0.25) is 0 Å². The Morgan fingerprint density at radius 3 is 2.39 bits per heavy atom. The zero-order valence-corrected chi connectivity index (χ0v) is 23.9. The van der Waals surface area contributed by atoms with E-state index in [0.29, 0.717) is 49.5 Å². The zero-order valence-electron chi connectivity index (χ0n) is 23.9. The van der Waals surface area contributed by atoms with E-state index >= 15 is 0 Å². The molecule has 6 nitrogen and oxygen atoms in total. The smallest absolute Gasteiger partial charge is 0.309 e. The molecule has 0 saturated heterocycles. The fourth-order valence-corrected chi connectivity index (χ4v) is 5.40. The maximum absolute atomic E-state index is 13.6. The Morgan fingerprint density at radius 1 is 0.927 bits per heavy atom. The number of hydrogen-bond acceptors (Lipinski definition) is 5. The summed E-state index contributed by atoms with van der Waals surface area (Å²) in [4.78, 5) is 26.8. The average Bonchev–Trinajstić information content (AvgIpc) is 3.30. The second-order valence-electron chi connectivity index (χ2n) is 10.6. The fraction of sp³-hybridized carbons (Fsp3) is 0.353. The number of nitrogens with zero attached hydrogens (tertiary/aromatic N) is 1. The molecule has 0 amide bonds. The van der Waals surface area contributed by atoms with Gasteiger partial charge in [-0.2, -0.15) is 0 Å². The molecule has 1 aromatic heterocycles. The van der Waals surface area contributed by atoms with Crippen LogP contribution in [-0.2, 0) is 29.0 Å². The Kier molecular flexibility index (Phi) is 8.72. The van der Waals surface area contributed by atoms with Crippen molar-refractivity contribution < 1.29 is 28.2 Å². The van der Waals surface area contributed by atoms with Crippen molar-refractivity contribution in [3.63, 3.8) is 0 Å². The number of halogens is 1. The van der Waals surface area contributed by atoms with Crippen molar-refractivity contribution in [2.24, 2.45) is 5.92 Å². The summed E-state index contributed by atoms with van der Waals surface area (Å²) >= 11 is 0. The van der Waals surface area contributed by atoms with Gasteiger partial charge >= 0.3 is 5.97 Å². The van der Waals surface area contributed by atoms with Gasteiger partial charge in [-0.25, -0.2) is 4.39 Å². The van der Waals surface area contributed by atoms with Gasteiger partial charge in [-0.05, 0) is 98.7 Å². The van der Waals surface area contributed by atoms with Crippen molar-refractivity contribution in [2.45, 2.75) is 59.5 Å². The Balaban J connectivity index is 1.35. The number of hydrogen-bond donors (Lipinski definition) is 0. The number of rotatable bonds is 10. The fourth-order valence-electron chi connectivity index (χ4n) is 5.40. The maximum Gasteiger partial charge on any atom is 0.309 e. The summed E-state index contributed by atoms with van der Waals surface area (Å²) in [6, 6.07) is 17.2. The SMILES string of the molecule is CCCOc1ccc(COC(=O)C2CCc3c(c4cc(C)ccc4n3C(=O)c3ccc(F)cc3)C2)cc1OCCC. The summed E-state index contributed by atoms with van der Waals surface area (Å²) in [5, 5.41) is 0.966. The van der Waals surface area contributed by atoms with Gasteiger partial charge in [0, 0.05) is 16.6 Å². The largest absolute Gasteiger partial charge is 0.490 e. The summed E-state index contributed by atoms with van der Waals surface area (Å²) in [6.07, 6.45) is 3.41. The molecule has 1 atom stereocenters. The lowest BCUT2D eigenvalue weighted by atomic mass is 9.86. The molecule has 0 N–H and O–H groups in total. The van der Waals surface area contributed by atoms with E-state index in [0.717, 1.165) is 46.1 Å². The highest BCUT2D eigenvalue weighted by atomic mass is 19.1. The highest BCUT2D eigenvalue weighted by Gasteiger charge is 2.32. The Hall–Kier alpha value is -4.13.